The fourth-order valence-corrected chi connectivity index (χ4v) is 1.93. The topological polar surface area (TPSA) is 64.5 Å². The second-order valence-corrected chi connectivity index (χ2v) is 3.97. The van der Waals surface area contributed by atoms with E-state index in [0.717, 1.165) is 0 Å². The zero-order chi connectivity index (χ0) is 10.7. The Morgan fingerprint density at radius 2 is 1.80 bits per heavy atom. The summed E-state index contributed by atoms with van der Waals surface area (Å²) in [6, 6.07) is 1.73. The molecule has 0 bridgehead atoms. The Morgan fingerprint density at radius 1 is 1.07 bits per heavy atom. The van der Waals surface area contributed by atoms with Crippen LogP contribution in [0.5, 0.6) is 0 Å². The monoisotopic (exact) mass is 259 g/mol. The van der Waals surface area contributed by atoms with Crippen LogP contribution in [0.4, 0.5) is 0 Å². The second kappa shape index (κ2) is 4.69. The van der Waals surface area contributed by atoms with Gasteiger partial charge in [0.15, 0.2) is 5.16 Å². The molecule has 0 atom stereocenters. The third kappa shape index (κ3) is 2.98. The van der Waals surface area contributed by atoms with Crippen LogP contribution in [0.2, 0.25) is 10.6 Å². The van der Waals surface area contributed by atoms with Crippen molar-refractivity contribution in [3.05, 3.63) is 29.2 Å². The van der Waals surface area contributed by atoms with Gasteiger partial charge in [-0.3, -0.25) is 0 Å². The molecule has 0 unspecified atom stereocenters. The lowest BCUT2D eigenvalue weighted by Crippen LogP contribution is -1.92. The van der Waals surface area contributed by atoms with Crippen LogP contribution in [0.1, 0.15) is 0 Å². The molecule has 0 fully saturated rings. The molecular weight excluding hydrogens is 257 g/mol. The van der Waals surface area contributed by atoms with Crippen molar-refractivity contribution in [2.75, 3.05) is 0 Å². The predicted octanol–water partition coefficient (Wildman–Crippen LogP) is 2.12. The van der Waals surface area contributed by atoms with Crippen molar-refractivity contribution in [1.82, 2.24) is 24.9 Å². The highest BCUT2D eigenvalue weighted by atomic mass is 35.5. The Kier molecular flexibility index (Phi) is 3.30. The fourth-order valence-electron chi connectivity index (χ4n) is 0.787. The molecule has 0 amide bonds. The Balaban J connectivity index is 2.25. The van der Waals surface area contributed by atoms with Gasteiger partial charge >= 0.3 is 0 Å². The minimum absolute atomic E-state index is 0.0616. The highest BCUT2D eigenvalue weighted by molar-refractivity contribution is 7.99. The Labute approximate surface area is 99.3 Å². The molecule has 5 nitrogen and oxygen atoms in total. The average molecular weight is 260 g/mol. The molecule has 0 aromatic carbocycles. The molecule has 8 heteroatoms. The molecule has 0 aliphatic heterocycles. The summed E-state index contributed by atoms with van der Waals surface area (Å²) < 4.78 is 0. The smallest absolute Gasteiger partial charge is 0.227 e. The molecule has 2 rings (SSSR count). The molecule has 0 aliphatic rings. The molecule has 0 saturated heterocycles. The van der Waals surface area contributed by atoms with Crippen molar-refractivity contribution >= 4 is 35.0 Å². The molecule has 0 aliphatic carbocycles. The van der Waals surface area contributed by atoms with Gasteiger partial charge in [0.05, 0.1) is 0 Å². The first kappa shape index (κ1) is 10.5. The van der Waals surface area contributed by atoms with Gasteiger partial charge in [0.2, 0.25) is 10.6 Å². The van der Waals surface area contributed by atoms with Crippen LogP contribution in [0.3, 0.4) is 0 Å². The first-order chi connectivity index (χ1) is 7.24. The van der Waals surface area contributed by atoms with Gasteiger partial charge in [0.1, 0.15) is 11.4 Å². The maximum atomic E-state index is 5.62. The van der Waals surface area contributed by atoms with Gasteiger partial charge in [-0.25, -0.2) is 9.97 Å². The molecular formula is C7H3Cl2N5S. The van der Waals surface area contributed by atoms with E-state index in [1.165, 1.54) is 18.1 Å². The maximum Gasteiger partial charge on any atom is 0.227 e. The summed E-state index contributed by atoms with van der Waals surface area (Å²) in [6.45, 7) is 0. The highest BCUT2D eigenvalue weighted by Gasteiger charge is 2.05. The zero-order valence-corrected chi connectivity index (χ0v) is 9.46. The van der Waals surface area contributed by atoms with Crippen molar-refractivity contribution in [3.63, 3.8) is 0 Å². The lowest BCUT2D eigenvalue weighted by atomic mass is 10.7. The van der Waals surface area contributed by atoms with E-state index in [2.05, 4.69) is 24.9 Å². The Hall–Kier alpha value is -0.980. The second-order valence-electron chi connectivity index (χ2n) is 2.31. The fraction of sp³-hybridized carbons (Fsp3) is 0. The average Bonchev–Trinajstić information content (AvgIpc) is 2.17. The third-order valence-corrected chi connectivity index (χ3v) is 2.46. The molecule has 2 heterocycles. The van der Waals surface area contributed by atoms with E-state index in [1.54, 1.807) is 12.3 Å². The maximum absolute atomic E-state index is 5.62. The van der Waals surface area contributed by atoms with Crippen LogP contribution in [0.15, 0.2) is 28.8 Å². The van der Waals surface area contributed by atoms with E-state index >= 15 is 0 Å². The summed E-state index contributed by atoms with van der Waals surface area (Å²) in [6.07, 6.45) is 3.06. The van der Waals surface area contributed by atoms with Gasteiger partial charge in [0, 0.05) is 6.20 Å². The quantitative estimate of drug-likeness (QED) is 0.770. The Morgan fingerprint density at radius 3 is 2.40 bits per heavy atom. The van der Waals surface area contributed by atoms with Crippen molar-refractivity contribution < 1.29 is 0 Å². The van der Waals surface area contributed by atoms with Gasteiger partial charge in [-0.05, 0) is 41.0 Å². The molecule has 15 heavy (non-hydrogen) atoms. The summed E-state index contributed by atoms with van der Waals surface area (Å²) in [5.41, 5.74) is 0. The van der Waals surface area contributed by atoms with E-state index in [-0.39, 0.29) is 10.6 Å². The number of halogens is 2. The summed E-state index contributed by atoms with van der Waals surface area (Å²) in [5, 5.41) is 1.24. The summed E-state index contributed by atoms with van der Waals surface area (Å²) in [7, 11) is 0. The molecule has 0 radical (unpaired) electrons. The van der Waals surface area contributed by atoms with Crippen LogP contribution in [0.25, 0.3) is 0 Å². The van der Waals surface area contributed by atoms with E-state index in [0.29, 0.717) is 10.2 Å². The molecule has 2 aromatic heterocycles. The van der Waals surface area contributed by atoms with Gasteiger partial charge in [0.25, 0.3) is 0 Å². The van der Waals surface area contributed by atoms with E-state index in [4.69, 9.17) is 23.2 Å². The van der Waals surface area contributed by atoms with Gasteiger partial charge < -0.3 is 0 Å². The van der Waals surface area contributed by atoms with Crippen LogP contribution < -0.4 is 0 Å². The summed E-state index contributed by atoms with van der Waals surface area (Å²) >= 11 is 12.5. The first-order valence-corrected chi connectivity index (χ1v) is 5.32. The lowest BCUT2D eigenvalue weighted by molar-refractivity contribution is 0.899. The SMILES string of the molecule is Clc1nc(Cl)nc(Sc2ccncn2)n1. The van der Waals surface area contributed by atoms with Crippen molar-refractivity contribution in [2.45, 2.75) is 10.2 Å². The summed E-state index contributed by atoms with van der Waals surface area (Å²) in [4.78, 5) is 19.2. The largest absolute Gasteiger partial charge is 0.245 e. The molecule has 2 aromatic rings. The van der Waals surface area contributed by atoms with Gasteiger partial charge in [-0.2, -0.15) is 15.0 Å². The molecule has 0 spiro atoms. The standard InChI is InChI=1S/C7H3Cl2N5S/c8-5-12-6(9)14-7(13-5)15-4-1-2-10-3-11-4/h1-3H. The van der Waals surface area contributed by atoms with Gasteiger partial charge in [-0.1, -0.05) is 0 Å². The highest BCUT2D eigenvalue weighted by Crippen LogP contribution is 2.23. The Bertz CT molecular complexity index is 446. The molecule has 0 N–H and O–H groups in total. The molecule has 0 saturated carbocycles. The third-order valence-electron chi connectivity index (χ3n) is 1.31. The molecule has 76 valence electrons. The number of aromatic nitrogens is 5. The van der Waals surface area contributed by atoms with Crippen LogP contribution in [-0.4, -0.2) is 24.9 Å². The van der Waals surface area contributed by atoms with Crippen molar-refractivity contribution in [2.24, 2.45) is 0 Å². The number of rotatable bonds is 2. The first-order valence-electron chi connectivity index (χ1n) is 3.75. The summed E-state index contributed by atoms with van der Waals surface area (Å²) in [5.74, 6) is 0. The number of hydrogen-bond acceptors (Lipinski definition) is 6. The van der Waals surface area contributed by atoms with Crippen LogP contribution in [-0.2, 0) is 0 Å². The normalized spacial score (nSPS) is 10.3. The van der Waals surface area contributed by atoms with E-state index in [9.17, 15) is 0 Å². The van der Waals surface area contributed by atoms with Crippen LogP contribution in [0, 0.1) is 0 Å². The number of hydrogen-bond donors (Lipinski definition) is 0. The predicted molar refractivity (Wildman–Crippen MR) is 56.0 cm³/mol. The van der Waals surface area contributed by atoms with Crippen molar-refractivity contribution in [3.8, 4) is 0 Å². The van der Waals surface area contributed by atoms with E-state index < -0.39 is 0 Å². The minimum Gasteiger partial charge on any atom is -0.245 e. The lowest BCUT2D eigenvalue weighted by Gasteiger charge is -1.98. The van der Waals surface area contributed by atoms with Crippen LogP contribution >= 0.6 is 35.0 Å². The zero-order valence-electron chi connectivity index (χ0n) is 7.13. The van der Waals surface area contributed by atoms with Crippen molar-refractivity contribution in [1.29, 1.82) is 0 Å². The minimum atomic E-state index is 0.0616. The number of nitrogens with zero attached hydrogens (tertiary/aromatic N) is 5. The van der Waals surface area contributed by atoms with Gasteiger partial charge in [-0.15, -0.1) is 0 Å². The van der Waals surface area contributed by atoms with E-state index in [1.807, 2.05) is 0 Å².